The number of hydrogen-bond donors (Lipinski definition) is 3. The number of nitrogens with zero attached hydrogens (tertiary/aromatic N) is 2. The van der Waals surface area contributed by atoms with Crippen LogP contribution in [-0.4, -0.2) is 32.5 Å². The Balaban J connectivity index is 1.95. The first-order valence-electron chi connectivity index (χ1n) is 8.19. The number of benzene rings is 1. The third-order valence-corrected chi connectivity index (χ3v) is 6.83. The molecule has 0 heterocycles. The van der Waals surface area contributed by atoms with Crippen molar-refractivity contribution < 1.29 is 15.5 Å². The lowest BCUT2D eigenvalue weighted by Gasteiger charge is -2.66. The first-order valence-corrected chi connectivity index (χ1v) is 8.19. The molecule has 0 spiro atoms. The van der Waals surface area contributed by atoms with Gasteiger partial charge in [-0.25, -0.2) is 0 Å². The van der Waals surface area contributed by atoms with Gasteiger partial charge in [0.15, 0.2) is 0 Å². The molecule has 4 aliphatic carbocycles. The van der Waals surface area contributed by atoms with Crippen LogP contribution >= 0.6 is 0 Å². The van der Waals surface area contributed by atoms with Gasteiger partial charge in [0.1, 0.15) is 0 Å². The van der Waals surface area contributed by atoms with Crippen LogP contribution in [0.5, 0.6) is 0 Å². The van der Waals surface area contributed by atoms with Crippen LogP contribution in [0.25, 0.3) is 0 Å². The largest absolute Gasteiger partial charge is 0.411 e. The molecule has 1 aromatic carbocycles. The predicted molar refractivity (Wildman–Crippen MR) is 86.1 cm³/mol. The monoisotopic (exact) mass is 314 g/mol. The van der Waals surface area contributed by atoms with Crippen LogP contribution in [0.1, 0.15) is 32.3 Å². The van der Waals surface area contributed by atoms with Gasteiger partial charge in [-0.05, 0) is 31.2 Å². The summed E-state index contributed by atoms with van der Waals surface area (Å²) < 4.78 is 0. The molecule has 5 nitrogen and oxygen atoms in total. The molecule has 23 heavy (non-hydrogen) atoms. The molecular formula is C18H22N2O3. The Morgan fingerprint density at radius 1 is 1.04 bits per heavy atom. The van der Waals surface area contributed by atoms with E-state index in [9.17, 15) is 15.5 Å². The fraction of sp³-hybridized carbons (Fsp3) is 0.556. The van der Waals surface area contributed by atoms with Crippen molar-refractivity contribution in [3.8, 4) is 0 Å². The molecule has 4 aliphatic rings. The molecule has 0 radical (unpaired) electrons. The summed E-state index contributed by atoms with van der Waals surface area (Å²) in [7, 11) is 0. The van der Waals surface area contributed by atoms with Crippen molar-refractivity contribution in [3.05, 3.63) is 35.9 Å². The van der Waals surface area contributed by atoms with Crippen LogP contribution in [0.15, 0.2) is 40.6 Å². The maximum absolute atomic E-state index is 11.5. The molecule has 6 atom stereocenters. The predicted octanol–water partition coefficient (Wildman–Crippen LogP) is 2.64. The van der Waals surface area contributed by atoms with E-state index in [4.69, 9.17) is 0 Å². The summed E-state index contributed by atoms with van der Waals surface area (Å²) in [5.74, 6) is -0.231. The molecule has 1 aromatic rings. The molecule has 4 bridgehead atoms. The van der Waals surface area contributed by atoms with E-state index >= 15 is 0 Å². The Bertz CT molecular complexity index is 697. The second-order valence-corrected chi connectivity index (χ2v) is 7.55. The van der Waals surface area contributed by atoms with Crippen LogP contribution in [0.2, 0.25) is 0 Å². The van der Waals surface area contributed by atoms with E-state index in [0.29, 0.717) is 17.8 Å². The Morgan fingerprint density at radius 3 is 2.30 bits per heavy atom. The lowest BCUT2D eigenvalue weighted by atomic mass is 9.38. The molecule has 5 rings (SSSR count). The van der Waals surface area contributed by atoms with Crippen LogP contribution in [0, 0.1) is 23.7 Å². The molecule has 5 heteroatoms. The van der Waals surface area contributed by atoms with E-state index in [1.165, 1.54) is 0 Å². The molecule has 0 aliphatic heterocycles. The molecule has 0 aromatic heterocycles. The molecule has 6 unspecified atom stereocenters. The summed E-state index contributed by atoms with van der Waals surface area (Å²) >= 11 is 0. The standard InChI is InChI=1S/C18H22N2O3/c1-10-12-8-18(11-6-4-3-5-7-11)9-13(15(12)19-22)16(20-23)14(10)17(18,2)21/h3-7,10,12-14,21-23H,8-9H2,1-2H3/b19-15+,20-16-. The van der Waals surface area contributed by atoms with Crippen LogP contribution in [-0.2, 0) is 5.41 Å². The smallest absolute Gasteiger partial charge is 0.0800 e. The van der Waals surface area contributed by atoms with Crippen molar-refractivity contribution in [2.75, 3.05) is 0 Å². The van der Waals surface area contributed by atoms with Gasteiger partial charge in [-0.2, -0.15) is 0 Å². The first-order chi connectivity index (χ1) is 11.0. The normalized spacial score (nSPS) is 48.3. The first kappa shape index (κ1) is 14.7. The molecular weight excluding hydrogens is 292 g/mol. The van der Waals surface area contributed by atoms with Gasteiger partial charge in [-0.1, -0.05) is 47.6 Å². The molecule has 0 saturated heterocycles. The average molecular weight is 314 g/mol. The number of aliphatic hydroxyl groups is 1. The Kier molecular flexibility index (Phi) is 2.92. The van der Waals surface area contributed by atoms with Crippen molar-refractivity contribution in [2.24, 2.45) is 34.0 Å². The minimum atomic E-state index is -0.997. The van der Waals surface area contributed by atoms with Gasteiger partial charge in [0.2, 0.25) is 0 Å². The van der Waals surface area contributed by atoms with Crippen molar-refractivity contribution in [3.63, 3.8) is 0 Å². The zero-order chi connectivity index (χ0) is 16.4. The van der Waals surface area contributed by atoms with Crippen LogP contribution in [0.4, 0.5) is 0 Å². The zero-order valence-electron chi connectivity index (χ0n) is 13.3. The third-order valence-electron chi connectivity index (χ3n) is 6.83. The molecule has 0 amide bonds. The maximum atomic E-state index is 11.5. The molecule has 3 N–H and O–H groups in total. The minimum absolute atomic E-state index is 0.0789. The van der Waals surface area contributed by atoms with Crippen molar-refractivity contribution in [1.29, 1.82) is 0 Å². The fourth-order valence-corrected chi connectivity index (χ4v) is 5.78. The lowest BCUT2D eigenvalue weighted by molar-refractivity contribution is -0.132. The molecule has 4 saturated carbocycles. The summed E-state index contributed by atoms with van der Waals surface area (Å²) in [4.78, 5) is 0. The van der Waals surface area contributed by atoms with Gasteiger partial charge in [0.25, 0.3) is 0 Å². The fourth-order valence-electron chi connectivity index (χ4n) is 5.78. The summed E-state index contributed by atoms with van der Waals surface area (Å²) in [5.41, 5.74) is 0.999. The highest BCUT2D eigenvalue weighted by atomic mass is 16.4. The quantitative estimate of drug-likeness (QED) is 0.550. The third kappa shape index (κ3) is 1.56. The molecule has 122 valence electrons. The average Bonchev–Trinajstić information content (AvgIpc) is 2.56. The van der Waals surface area contributed by atoms with E-state index in [0.717, 1.165) is 12.0 Å². The van der Waals surface area contributed by atoms with Crippen LogP contribution < -0.4 is 0 Å². The SMILES string of the molecule is CC1C2CC3(c4ccccc4)CC(/C(=N/O)C1C3(C)O)/C2=N/O. The highest BCUT2D eigenvalue weighted by molar-refractivity contribution is 6.13. The van der Waals surface area contributed by atoms with Gasteiger partial charge >= 0.3 is 0 Å². The Labute approximate surface area is 135 Å². The van der Waals surface area contributed by atoms with Crippen LogP contribution in [0.3, 0.4) is 0 Å². The summed E-state index contributed by atoms with van der Waals surface area (Å²) in [6.07, 6.45) is 1.37. The summed E-state index contributed by atoms with van der Waals surface area (Å²) in [5, 5.41) is 37.7. The van der Waals surface area contributed by atoms with E-state index in [-0.39, 0.29) is 23.7 Å². The van der Waals surface area contributed by atoms with E-state index in [2.05, 4.69) is 29.4 Å². The number of oxime groups is 2. The van der Waals surface area contributed by atoms with E-state index in [1.54, 1.807) is 0 Å². The maximum Gasteiger partial charge on any atom is 0.0800 e. The summed E-state index contributed by atoms with van der Waals surface area (Å²) in [6, 6.07) is 10.1. The highest BCUT2D eigenvalue weighted by Crippen LogP contribution is 2.64. The number of hydrogen-bond acceptors (Lipinski definition) is 5. The minimum Gasteiger partial charge on any atom is -0.411 e. The van der Waals surface area contributed by atoms with Crippen molar-refractivity contribution >= 4 is 11.4 Å². The van der Waals surface area contributed by atoms with Gasteiger partial charge in [-0.15, -0.1) is 0 Å². The lowest BCUT2D eigenvalue weighted by Crippen LogP contribution is -2.73. The molecule has 4 fully saturated rings. The topological polar surface area (TPSA) is 85.4 Å². The zero-order valence-corrected chi connectivity index (χ0v) is 13.3. The van der Waals surface area contributed by atoms with Gasteiger partial charge in [0, 0.05) is 23.2 Å². The van der Waals surface area contributed by atoms with E-state index < -0.39 is 11.0 Å². The second-order valence-electron chi connectivity index (χ2n) is 7.55. The van der Waals surface area contributed by atoms with Crippen molar-refractivity contribution in [2.45, 2.75) is 37.7 Å². The highest BCUT2D eigenvalue weighted by Gasteiger charge is 2.70. The van der Waals surface area contributed by atoms with Gasteiger partial charge in [-0.3, -0.25) is 0 Å². The van der Waals surface area contributed by atoms with E-state index in [1.807, 2.05) is 25.1 Å². The van der Waals surface area contributed by atoms with Gasteiger partial charge < -0.3 is 15.5 Å². The van der Waals surface area contributed by atoms with Gasteiger partial charge in [0.05, 0.1) is 17.0 Å². The second kappa shape index (κ2) is 4.57. The summed E-state index contributed by atoms with van der Waals surface area (Å²) in [6.45, 7) is 3.93. The van der Waals surface area contributed by atoms with Crippen molar-refractivity contribution in [1.82, 2.24) is 0 Å². The Hall–Kier alpha value is -1.88. The number of rotatable bonds is 1. The Morgan fingerprint density at radius 2 is 1.70 bits per heavy atom.